The molecule has 1 atom stereocenters. The zero-order valence-electron chi connectivity index (χ0n) is 11.5. The summed E-state index contributed by atoms with van der Waals surface area (Å²) in [7, 11) is 0. The molecule has 2 amide bonds. The molecule has 4 heteroatoms. The number of carbonyl (C=O) groups excluding carboxylic acids is 1. The third-order valence-electron chi connectivity index (χ3n) is 3.43. The molecule has 0 radical (unpaired) electrons. The lowest BCUT2D eigenvalue weighted by Crippen LogP contribution is -2.46. The first kappa shape index (κ1) is 14.4. The monoisotopic (exact) mass is 324 g/mol. The minimum atomic E-state index is 0.0580. The molecule has 1 N–H and O–H groups in total. The Morgan fingerprint density at radius 3 is 2.63 bits per heavy atom. The second-order valence-electron chi connectivity index (χ2n) is 5.36. The van der Waals surface area contributed by atoms with Crippen molar-refractivity contribution in [3.05, 3.63) is 34.3 Å². The van der Waals surface area contributed by atoms with Crippen LogP contribution in [0.25, 0.3) is 0 Å². The van der Waals surface area contributed by atoms with Crippen LogP contribution in [-0.2, 0) is 0 Å². The number of halogens is 1. The largest absolute Gasteiger partial charge is 0.336 e. The van der Waals surface area contributed by atoms with Crippen molar-refractivity contribution < 1.29 is 4.79 Å². The van der Waals surface area contributed by atoms with Gasteiger partial charge in [-0.25, -0.2) is 4.79 Å². The lowest BCUT2D eigenvalue weighted by molar-refractivity contribution is 0.149. The normalized spacial score (nSPS) is 19.6. The Hall–Kier alpha value is -1.03. The van der Waals surface area contributed by atoms with Crippen molar-refractivity contribution >= 4 is 22.0 Å². The van der Waals surface area contributed by atoms with Crippen LogP contribution in [0.4, 0.5) is 4.79 Å². The van der Waals surface area contributed by atoms with Crippen LogP contribution in [0.1, 0.15) is 44.7 Å². The number of urea groups is 1. The van der Waals surface area contributed by atoms with Gasteiger partial charge in [-0.1, -0.05) is 28.1 Å². The van der Waals surface area contributed by atoms with E-state index in [1.165, 1.54) is 12.0 Å². The molecule has 3 nitrogen and oxygen atoms in total. The summed E-state index contributed by atoms with van der Waals surface area (Å²) in [6.07, 6.45) is 3.33. The van der Waals surface area contributed by atoms with Gasteiger partial charge < -0.3 is 10.2 Å². The topological polar surface area (TPSA) is 32.3 Å². The molecule has 0 bridgehead atoms. The van der Waals surface area contributed by atoms with Gasteiger partial charge in [-0.05, 0) is 50.8 Å². The van der Waals surface area contributed by atoms with Gasteiger partial charge in [-0.3, -0.25) is 0 Å². The Morgan fingerprint density at radius 1 is 1.32 bits per heavy atom. The van der Waals surface area contributed by atoms with Crippen molar-refractivity contribution in [1.29, 1.82) is 0 Å². The average Bonchev–Trinajstić information content (AvgIpc) is 2.39. The zero-order chi connectivity index (χ0) is 13.8. The highest BCUT2D eigenvalue weighted by atomic mass is 79.9. The molecule has 0 aliphatic carbocycles. The first-order chi connectivity index (χ1) is 9.08. The van der Waals surface area contributed by atoms with Crippen molar-refractivity contribution in [2.24, 2.45) is 0 Å². The van der Waals surface area contributed by atoms with E-state index in [0.717, 1.165) is 23.9 Å². The van der Waals surface area contributed by atoms with Crippen LogP contribution in [0, 0.1) is 0 Å². The van der Waals surface area contributed by atoms with Gasteiger partial charge in [0.25, 0.3) is 0 Å². The molecular formula is C15H21BrN2O. The van der Waals surface area contributed by atoms with E-state index >= 15 is 0 Å². The Labute approximate surface area is 123 Å². The number of likely N-dealkylation sites (tertiary alicyclic amines) is 1. The fourth-order valence-corrected chi connectivity index (χ4v) is 2.80. The van der Waals surface area contributed by atoms with Gasteiger partial charge in [0.1, 0.15) is 0 Å². The van der Waals surface area contributed by atoms with Gasteiger partial charge in [0.15, 0.2) is 0 Å². The van der Waals surface area contributed by atoms with Crippen LogP contribution < -0.4 is 5.32 Å². The van der Waals surface area contributed by atoms with E-state index in [2.05, 4.69) is 33.4 Å². The van der Waals surface area contributed by atoms with Crippen molar-refractivity contribution in [3.63, 3.8) is 0 Å². The van der Waals surface area contributed by atoms with E-state index in [4.69, 9.17) is 0 Å². The first-order valence-electron chi connectivity index (χ1n) is 6.90. The van der Waals surface area contributed by atoms with Gasteiger partial charge in [-0.15, -0.1) is 0 Å². The zero-order valence-corrected chi connectivity index (χ0v) is 13.1. The Morgan fingerprint density at radius 2 is 2.00 bits per heavy atom. The molecule has 1 aromatic carbocycles. The van der Waals surface area contributed by atoms with Gasteiger partial charge in [0, 0.05) is 17.1 Å². The molecule has 1 aliphatic heterocycles. The maximum absolute atomic E-state index is 12.3. The molecular weight excluding hydrogens is 304 g/mol. The van der Waals surface area contributed by atoms with E-state index in [-0.39, 0.29) is 18.1 Å². The van der Waals surface area contributed by atoms with Crippen LogP contribution >= 0.6 is 15.9 Å². The minimum absolute atomic E-state index is 0.0580. The van der Waals surface area contributed by atoms with E-state index in [1.807, 2.05) is 30.9 Å². The fourth-order valence-electron chi connectivity index (χ4n) is 2.54. The molecule has 1 unspecified atom stereocenters. The number of nitrogens with zero attached hydrogens (tertiary/aromatic N) is 1. The number of rotatable bonds is 2. The molecule has 104 valence electrons. The second kappa shape index (κ2) is 6.42. The molecule has 1 aliphatic rings. The van der Waals surface area contributed by atoms with Crippen molar-refractivity contribution in [1.82, 2.24) is 10.2 Å². The quantitative estimate of drug-likeness (QED) is 0.872. The molecule has 1 heterocycles. The molecule has 0 saturated carbocycles. The van der Waals surface area contributed by atoms with Crippen molar-refractivity contribution in [3.8, 4) is 0 Å². The second-order valence-corrected chi connectivity index (χ2v) is 6.28. The van der Waals surface area contributed by atoms with Crippen LogP contribution in [0.5, 0.6) is 0 Å². The summed E-state index contributed by atoms with van der Waals surface area (Å²) in [4.78, 5) is 14.2. The molecule has 19 heavy (non-hydrogen) atoms. The minimum Gasteiger partial charge on any atom is -0.336 e. The molecule has 1 aromatic rings. The molecule has 1 fully saturated rings. The van der Waals surface area contributed by atoms with Gasteiger partial charge in [-0.2, -0.15) is 0 Å². The predicted molar refractivity (Wildman–Crippen MR) is 81.1 cm³/mol. The number of carbonyl (C=O) groups is 1. The van der Waals surface area contributed by atoms with Gasteiger partial charge >= 0.3 is 6.03 Å². The highest BCUT2D eigenvalue weighted by molar-refractivity contribution is 9.10. The Kier molecular flexibility index (Phi) is 4.86. The predicted octanol–water partition coefficient (Wildman–Crippen LogP) is 4.09. The van der Waals surface area contributed by atoms with Crippen LogP contribution in [0.2, 0.25) is 0 Å². The van der Waals surface area contributed by atoms with Crippen LogP contribution in [0.3, 0.4) is 0 Å². The summed E-state index contributed by atoms with van der Waals surface area (Å²) in [5.41, 5.74) is 1.22. The average molecular weight is 325 g/mol. The van der Waals surface area contributed by atoms with E-state index < -0.39 is 0 Å². The highest BCUT2D eigenvalue weighted by Crippen LogP contribution is 2.31. The number of piperidine rings is 1. The summed E-state index contributed by atoms with van der Waals surface area (Å²) in [6.45, 7) is 4.84. The smallest absolute Gasteiger partial charge is 0.318 e. The maximum atomic E-state index is 12.3. The number of amides is 2. The summed E-state index contributed by atoms with van der Waals surface area (Å²) in [5, 5.41) is 3.00. The van der Waals surface area contributed by atoms with Gasteiger partial charge in [0.05, 0.1) is 6.04 Å². The highest BCUT2D eigenvalue weighted by Gasteiger charge is 2.27. The SMILES string of the molecule is CC(C)NC(=O)N1CCCCC1c1ccc(Br)cc1. The lowest BCUT2D eigenvalue weighted by Gasteiger charge is -2.36. The number of hydrogen-bond acceptors (Lipinski definition) is 1. The summed E-state index contributed by atoms with van der Waals surface area (Å²) in [6, 6.07) is 8.75. The Bertz CT molecular complexity index is 430. The van der Waals surface area contributed by atoms with Crippen molar-refractivity contribution in [2.75, 3.05) is 6.54 Å². The Balaban J connectivity index is 2.15. The number of benzene rings is 1. The van der Waals surface area contributed by atoms with E-state index in [0.29, 0.717) is 0 Å². The van der Waals surface area contributed by atoms with E-state index in [9.17, 15) is 4.79 Å². The number of nitrogens with one attached hydrogen (secondary N) is 1. The molecule has 2 rings (SSSR count). The molecule has 0 aromatic heterocycles. The van der Waals surface area contributed by atoms with E-state index in [1.54, 1.807) is 0 Å². The summed E-state index contributed by atoms with van der Waals surface area (Å²) in [5.74, 6) is 0. The lowest BCUT2D eigenvalue weighted by atomic mass is 9.95. The van der Waals surface area contributed by atoms with Crippen LogP contribution in [-0.4, -0.2) is 23.5 Å². The standard InChI is InChI=1S/C15H21BrN2O/c1-11(2)17-15(19)18-10-4-3-5-14(18)12-6-8-13(16)9-7-12/h6-9,11,14H,3-5,10H2,1-2H3,(H,17,19). The van der Waals surface area contributed by atoms with Crippen molar-refractivity contribution in [2.45, 2.75) is 45.2 Å². The maximum Gasteiger partial charge on any atom is 0.318 e. The molecule has 1 saturated heterocycles. The van der Waals surface area contributed by atoms with Crippen LogP contribution in [0.15, 0.2) is 28.7 Å². The number of hydrogen-bond donors (Lipinski definition) is 1. The summed E-state index contributed by atoms with van der Waals surface area (Å²) < 4.78 is 1.07. The third-order valence-corrected chi connectivity index (χ3v) is 3.96. The summed E-state index contributed by atoms with van der Waals surface area (Å²) >= 11 is 3.45. The first-order valence-corrected chi connectivity index (χ1v) is 7.70. The molecule has 0 spiro atoms. The van der Waals surface area contributed by atoms with Gasteiger partial charge in [0.2, 0.25) is 0 Å². The fraction of sp³-hybridized carbons (Fsp3) is 0.533. The third kappa shape index (κ3) is 3.72.